The monoisotopic (exact) mass is 396 g/mol. The fourth-order valence-electron chi connectivity index (χ4n) is 4.07. The number of amides is 1. The molecule has 1 fully saturated rings. The van der Waals surface area contributed by atoms with Crippen molar-refractivity contribution in [2.24, 2.45) is 5.10 Å². The number of hydrogen-bond donors (Lipinski definition) is 2. The molecule has 1 aromatic heterocycles. The van der Waals surface area contributed by atoms with Crippen LogP contribution in [0.15, 0.2) is 23.3 Å². The maximum Gasteiger partial charge on any atom is 0.259 e. The smallest absolute Gasteiger partial charge is 0.259 e. The highest BCUT2D eigenvalue weighted by Gasteiger charge is 2.18. The Morgan fingerprint density at radius 3 is 2.59 bits per heavy atom. The summed E-state index contributed by atoms with van der Waals surface area (Å²) in [6.45, 7) is 12.2. The Labute approximate surface area is 173 Å². The van der Waals surface area contributed by atoms with Gasteiger partial charge in [0.2, 0.25) is 0 Å². The van der Waals surface area contributed by atoms with Gasteiger partial charge < -0.3 is 14.6 Å². The number of nitrogens with one attached hydrogen (secondary N) is 2. The third kappa shape index (κ3) is 5.26. The van der Waals surface area contributed by atoms with E-state index < -0.39 is 0 Å². The third-order valence-corrected chi connectivity index (χ3v) is 5.52. The minimum absolute atomic E-state index is 0.172. The molecule has 1 aliphatic heterocycles. The number of anilines is 1. The van der Waals surface area contributed by atoms with E-state index in [-0.39, 0.29) is 12.5 Å². The molecular formula is C23H32N4O2. The Hall–Kier alpha value is -2.60. The van der Waals surface area contributed by atoms with Crippen LogP contribution >= 0.6 is 0 Å². The van der Waals surface area contributed by atoms with Crippen molar-refractivity contribution in [2.45, 2.75) is 60.1 Å². The largest absolute Gasteiger partial charge is 0.376 e. The van der Waals surface area contributed by atoms with Crippen LogP contribution in [0.4, 0.5) is 5.69 Å². The molecule has 3 rings (SSSR count). The fourth-order valence-corrected chi connectivity index (χ4v) is 4.07. The van der Waals surface area contributed by atoms with Gasteiger partial charge in [-0.25, -0.2) is 5.43 Å². The zero-order chi connectivity index (χ0) is 21.0. The summed E-state index contributed by atoms with van der Waals surface area (Å²) < 4.78 is 8.02. The van der Waals surface area contributed by atoms with Crippen molar-refractivity contribution >= 4 is 17.8 Å². The number of benzene rings is 1. The second-order valence-corrected chi connectivity index (χ2v) is 7.99. The lowest BCUT2D eigenvalue weighted by atomic mass is 10.1. The van der Waals surface area contributed by atoms with E-state index in [1.165, 1.54) is 11.3 Å². The summed E-state index contributed by atoms with van der Waals surface area (Å²) in [5.41, 5.74) is 10.4. The van der Waals surface area contributed by atoms with Gasteiger partial charge in [-0.3, -0.25) is 4.79 Å². The average molecular weight is 397 g/mol. The summed E-state index contributed by atoms with van der Waals surface area (Å²) in [4.78, 5) is 12.2. The van der Waals surface area contributed by atoms with Gasteiger partial charge in [0.15, 0.2) is 0 Å². The molecule has 0 saturated carbocycles. The van der Waals surface area contributed by atoms with Gasteiger partial charge in [-0.1, -0.05) is 17.7 Å². The standard InChI is InChI=1S/C23H32N4O2/c1-15-9-16(2)23(17(3)10-15)24-13-22(28)26-25-12-20-11-18(4)27(19(20)5)14-21-7-6-8-29-21/h9-12,21,24H,6-8,13-14H2,1-5H3,(H,26,28)/b25-12-/t21-/m0/s1. The Balaban J connectivity index is 1.55. The molecule has 0 bridgehead atoms. The van der Waals surface area contributed by atoms with Crippen molar-refractivity contribution < 1.29 is 9.53 Å². The Bertz CT molecular complexity index is 885. The van der Waals surface area contributed by atoms with E-state index in [1.54, 1.807) is 6.21 Å². The van der Waals surface area contributed by atoms with Crippen LogP contribution in [0.3, 0.4) is 0 Å². The van der Waals surface area contributed by atoms with Crippen LogP contribution in [0.25, 0.3) is 0 Å². The molecule has 0 aliphatic carbocycles. The lowest BCUT2D eigenvalue weighted by molar-refractivity contribution is -0.119. The number of aromatic nitrogens is 1. The van der Waals surface area contributed by atoms with Crippen LogP contribution in [0.2, 0.25) is 0 Å². The molecule has 2 N–H and O–H groups in total. The molecule has 2 heterocycles. The summed E-state index contributed by atoms with van der Waals surface area (Å²) in [5, 5.41) is 7.37. The van der Waals surface area contributed by atoms with E-state index in [0.29, 0.717) is 6.10 Å². The predicted molar refractivity (Wildman–Crippen MR) is 118 cm³/mol. The minimum Gasteiger partial charge on any atom is -0.376 e. The van der Waals surface area contributed by atoms with Gasteiger partial charge in [0.25, 0.3) is 5.91 Å². The normalized spacial score (nSPS) is 16.5. The number of rotatable bonds is 7. The topological polar surface area (TPSA) is 67.7 Å². The first kappa shape index (κ1) is 21.1. The molecule has 1 amide bonds. The lowest BCUT2D eigenvalue weighted by Crippen LogP contribution is -2.26. The van der Waals surface area contributed by atoms with Gasteiger partial charge in [-0.15, -0.1) is 0 Å². The third-order valence-electron chi connectivity index (χ3n) is 5.52. The number of hydrazone groups is 1. The van der Waals surface area contributed by atoms with Crippen LogP contribution in [0.5, 0.6) is 0 Å². The van der Waals surface area contributed by atoms with Gasteiger partial charge >= 0.3 is 0 Å². The first-order chi connectivity index (χ1) is 13.8. The Morgan fingerprint density at radius 2 is 1.93 bits per heavy atom. The fraction of sp³-hybridized carbons (Fsp3) is 0.478. The maximum absolute atomic E-state index is 12.2. The number of ether oxygens (including phenoxy) is 1. The van der Waals surface area contributed by atoms with Crippen molar-refractivity contribution in [3.05, 3.63) is 51.8 Å². The van der Waals surface area contributed by atoms with Crippen LogP contribution in [-0.4, -0.2) is 35.9 Å². The summed E-state index contributed by atoms with van der Waals surface area (Å²) in [6.07, 6.45) is 4.27. The van der Waals surface area contributed by atoms with Crippen molar-refractivity contribution in [3.63, 3.8) is 0 Å². The highest BCUT2D eigenvalue weighted by molar-refractivity contribution is 5.85. The molecule has 1 saturated heterocycles. The second-order valence-electron chi connectivity index (χ2n) is 7.99. The molecule has 2 aromatic rings. The van der Waals surface area contributed by atoms with Gasteiger partial charge in [0.1, 0.15) is 0 Å². The molecular weight excluding hydrogens is 364 g/mol. The first-order valence-electron chi connectivity index (χ1n) is 10.3. The van der Waals surface area contributed by atoms with E-state index in [0.717, 1.165) is 54.1 Å². The van der Waals surface area contributed by atoms with Gasteiger partial charge in [-0.05, 0) is 64.7 Å². The average Bonchev–Trinajstić information content (AvgIpc) is 3.25. The zero-order valence-electron chi connectivity index (χ0n) is 18.1. The highest BCUT2D eigenvalue weighted by atomic mass is 16.5. The first-order valence-corrected chi connectivity index (χ1v) is 10.3. The molecule has 0 spiro atoms. The predicted octanol–water partition coefficient (Wildman–Crippen LogP) is 3.77. The van der Waals surface area contributed by atoms with Gasteiger partial charge in [0.05, 0.1) is 18.9 Å². The van der Waals surface area contributed by atoms with Crippen molar-refractivity contribution in [1.29, 1.82) is 0 Å². The van der Waals surface area contributed by atoms with Crippen molar-refractivity contribution in [2.75, 3.05) is 18.5 Å². The number of aryl methyl sites for hydroxylation is 4. The molecule has 6 heteroatoms. The quantitative estimate of drug-likeness (QED) is 0.553. The number of carbonyl (C=O) groups excluding carboxylic acids is 1. The zero-order valence-corrected chi connectivity index (χ0v) is 18.1. The van der Waals surface area contributed by atoms with Crippen LogP contribution in [-0.2, 0) is 16.1 Å². The Morgan fingerprint density at radius 1 is 1.21 bits per heavy atom. The van der Waals surface area contributed by atoms with E-state index in [9.17, 15) is 4.79 Å². The maximum atomic E-state index is 12.2. The lowest BCUT2D eigenvalue weighted by Gasteiger charge is -2.14. The van der Waals surface area contributed by atoms with Crippen LogP contribution < -0.4 is 10.7 Å². The number of nitrogens with zero attached hydrogens (tertiary/aromatic N) is 2. The minimum atomic E-state index is -0.172. The summed E-state index contributed by atoms with van der Waals surface area (Å²) in [6, 6.07) is 6.31. The Kier molecular flexibility index (Phi) is 6.75. The molecule has 1 aromatic carbocycles. The van der Waals surface area contributed by atoms with Crippen LogP contribution in [0, 0.1) is 34.6 Å². The second kappa shape index (κ2) is 9.27. The van der Waals surface area contributed by atoms with E-state index in [2.05, 4.69) is 59.4 Å². The molecule has 1 atom stereocenters. The summed E-state index contributed by atoms with van der Waals surface area (Å²) in [5.74, 6) is -0.172. The molecule has 156 valence electrons. The molecule has 0 unspecified atom stereocenters. The van der Waals surface area contributed by atoms with E-state index in [4.69, 9.17) is 4.74 Å². The van der Waals surface area contributed by atoms with Crippen LogP contribution in [0.1, 0.15) is 46.5 Å². The van der Waals surface area contributed by atoms with Gasteiger partial charge in [0, 0.05) is 35.8 Å². The summed E-state index contributed by atoms with van der Waals surface area (Å²) in [7, 11) is 0. The van der Waals surface area contributed by atoms with Crippen molar-refractivity contribution in [1.82, 2.24) is 9.99 Å². The molecule has 1 aliphatic rings. The van der Waals surface area contributed by atoms with Gasteiger partial charge in [-0.2, -0.15) is 5.10 Å². The SMILES string of the molecule is Cc1cc(C)c(NCC(=O)N/N=C\c2cc(C)n(C[C@@H]3CCCO3)c2C)c(C)c1. The number of hydrogen-bond acceptors (Lipinski definition) is 4. The molecule has 6 nitrogen and oxygen atoms in total. The highest BCUT2D eigenvalue weighted by Crippen LogP contribution is 2.21. The van der Waals surface area contributed by atoms with E-state index in [1.807, 2.05) is 13.8 Å². The summed E-state index contributed by atoms with van der Waals surface area (Å²) >= 11 is 0. The van der Waals surface area contributed by atoms with Crippen molar-refractivity contribution in [3.8, 4) is 0 Å². The molecule has 0 radical (unpaired) electrons. The molecule has 29 heavy (non-hydrogen) atoms. The van der Waals surface area contributed by atoms with E-state index >= 15 is 0 Å². The number of carbonyl (C=O) groups is 1.